The van der Waals surface area contributed by atoms with E-state index in [1.165, 1.54) is 18.2 Å². The van der Waals surface area contributed by atoms with Crippen molar-refractivity contribution in [2.45, 2.75) is 18.9 Å². The Morgan fingerprint density at radius 2 is 2.27 bits per heavy atom. The molecule has 0 spiro atoms. The summed E-state index contributed by atoms with van der Waals surface area (Å²) in [5.41, 5.74) is -1.45. The molecule has 0 bridgehead atoms. The molecule has 1 aliphatic carbocycles. The van der Waals surface area contributed by atoms with Crippen molar-refractivity contribution in [3.8, 4) is 0 Å². The molecule has 4 heteroatoms. The van der Waals surface area contributed by atoms with Crippen LogP contribution >= 0.6 is 0 Å². The molecule has 1 aromatic rings. The third-order valence-corrected chi connectivity index (χ3v) is 3.08. The largest absolute Gasteiger partial charge is 0.479 e. The fourth-order valence-corrected chi connectivity index (χ4v) is 2.17. The third-order valence-electron chi connectivity index (χ3n) is 3.08. The number of carboxylic acids is 1. The van der Waals surface area contributed by atoms with Crippen LogP contribution in [0.3, 0.4) is 0 Å². The topological polar surface area (TPSA) is 57.5 Å². The van der Waals surface area contributed by atoms with Gasteiger partial charge in [0.05, 0.1) is 0 Å². The summed E-state index contributed by atoms with van der Waals surface area (Å²) in [7, 11) is 0. The second-order valence-electron chi connectivity index (χ2n) is 3.94. The summed E-state index contributed by atoms with van der Waals surface area (Å²) in [6.07, 6.45) is 0.255. The number of aliphatic hydroxyl groups is 1. The molecule has 2 rings (SSSR count). The maximum absolute atomic E-state index is 13.4. The average Bonchev–Trinajstić information content (AvgIpc) is 2.44. The van der Waals surface area contributed by atoms with Crippen LogP contribution in [0, 0.1) is 11.7 Å². The fraction of sp³-hybridized carbons (Fsp3) is 0.364. The quantitative estimate of drug-likeness (QED) is 0.734. The molecule has 3 nitrogen and oxygen atoms in total. The summed E-state index contributed by atoms with van der Waals surface area (Å²) in [5, 5.41) is 19.1. The first-order valence-electron chi connectivity index (χ1n) is 4.71. The Hall–Kier alpha value is -1.42. The van der Waals surface area contributed by atoms with Gasteiger partial charge in [-0.15, -0.1) is 0 Å². The van der Waals surface area contributed by atoms with Gasteiger partial charge in [0.1, 0.15) is 5.82 Å². The van der Waals surface area contributed by atoms with Gasteiger partial charge in [0.25, 0.3) is 0 Å². The van der Waals surface area contributed by atoms with E-state index in [9.17, 15) is 14.3 Å². The van der Waals surface area contributed by atoms with Crippen molar-refractivity contribution in [1.29, 1.82) is 0 Å². The molecule has 2 unspecified atom stereocenters. The molecule has 0 aliphatic heterocycles. The van der Waals surface area contributed by atoms with Gasteiger partial charge >= 0.3 is 5.97 Å². The van der Waals surface area contributed by atoms with Crippen molar-refractivity contribution in [1.82, 2.24) is 0 Å². The van der Waals surface area contributed by atoms with Gasteiger partial charge in [-0.25, -0.2) is 9.18 Å². The van der Waals surface area contributed by atoms with Gasteiger partial charge in [-0.2, -0.15) is 0 Å². The van der Waals surface area contributed by atoms with Gasteiger partial charge in [0.15, 0.2) is 5.60 Å². The van der Waals surface area contributed by atoms with Gasteiger partial charge in [0.2, 0.25) is 0 Å². The van der Waals surface area contributed by atoms with Crippen LogP contribution in [0.15, 0.2) is 18.2 Å². The number of aliphatic carboxylic acids is 1. The van der Waals surface area contributed by atoms with Crippen LogP contribution in [0.2, 0.25) is 0 Å². The first kappa shape index (κ1) is 10.1. The van der Waals surface area contributed by atoms with Crippen LogP contribution in [-0.2, 0) is 16.8 Å². The molecule has 2 N–H and O–H groups in total. The van der Waals surface area contributed by atoms with Crippen molar-refractivity contribution in [2.24, 2.45) is 5.92 Å². The van der Waals surface area contributed by atoms with Gasteiger partial charge in [-0.3, -0.25) is 0 Å². The van der Waals surface area contributed by atoms with Crippen LogP contribution in [0.5, 0.6) is 0 Å². The van der Waals surface area contributed by atoms with Crippen molar-refractivity contribution < 1.29 is 19.4 Å². The van der Waals surface area contributed by atoms with E-state index in [0.717, 1.165) is 0 Å². The lowest BCUT2D eigenvalue weighted by Crippen LogP contribution is -2.38. The zero-order valence-electron chi connectivity index (χ0n) is 8.20. The minimum Gasteiger partial charge on any atom is -0.479 e. The summed E-state index contributed by atoms with van der Waals surface area (Å²) in [6, 6.07) is 4.16. The molecule has 80 valence electrons. The number of fused-ring (bicyclic) bond motifs is 1. The van der Waals surface area contributed by atoms with E-state index < -0.39 is 23.3 Å². The minimum atomic E-state index is -1.95. The molecule has 1 aromatic carbocycles. The molecule has 0 radical (unpaired) electrons. The normalized spacial score (nSPS) is 28.9. The van der Waals surface area contributed by atoms with E-state index in [1.807, 2.05) is 0 Å². The van der Waals surface area contributed by atoms with Gasteiger partial charge in [-0.05, 0) is 18.1 Å². The van der Waals surface area contributed by atoms with E-state index in [0.29, 0.717) is 5.56 Å². The molecule has 1 aliphatic rings. The molecule has 0 fully saturated rings. The highest BCUT2D eigenvalue weighted by Gasteiger charge is 2.50. The lowest BCUT2D eigenvalue weighted by Gasteiger charge is -2.23. The van der Waals surface area contributed by atoms with Crippen LogP contribution in [0.4, 0.5) is 4.39 Å². The Kier molecular flexibility index (Phi) is 2.04. The second-order valence-corrected chi connectivity index (χ2v) is 3.94. The number of rotatable bonds is 1. The molecular weight excluding hydrogens is 199 g/mol. The second kappa shape index (κ2) is 3.03. The summed E-state index contributed by atoms with van der Waals surface area (Å²) >= 11 is 0. The zero-order chi connectivity index (χ0) is 11.2. The Bertz CT molecular complexity index is 430. The molecule has 0 saturated carbocycles. The van der Waals surface area contributed by atoms with E-state index in [4.69, 9.17) is 5.11 Å². The number of carbonyl (C=O) groups is 1. The van der Waals surface area contributed by atoms with E-state index in [1.54, 1.807) is 6.92 Å². The third kappa shape index (κ3) is 1.18. The highest BCUT2D eigenvalue weighted by Crippen LogP contribution is 2.42. The van der Waals surface area contributed by atoms with Crippen LogP contribution < -0.4 is 0 Å². The number of hydrogen-bond donors (Lipinski definition) is 2. The lowest BCUT2D eigenvalue weighted by atomic mass is 9.89. The standard InChI is InChI=1S/C11H11FO3/c1-6-5-7-8(3-2-4-9(7)12)11(6,15)10(13)14/h2-4,6,15H,5H2,1H3,(H,13,14). The van der Waals surface area contributed by atoms with E-state index in [-0.39, 0.29) is 12.0 Å². The number of halogens is 1. The van der Waals surface area contributed by atoms with Crippen LogP contribution in [0.25, 0.3) is 0 Å². The van der Waals surface area contributed by atoms with Gasteiger partial charge in [0, 0.05) is 11.5 Å². The zero-order valence-corrected chi connectivity index (χ0v) is 8.20. The highest BCUT2D eigenvalue weighted by atomic mass is 19.1. The molecule has 0 heterocycles. The van der Waals surface area contributed by atoms with E-state index >= 15 is 0 Å². The molecule has 0 aromatic heterocycles. The average molecular weight is 210 g/mol. The molecule has 0 amide bonds. The summed E-state index contributed by atoms with van der Waals surface area (Å²) < 4.78 is 13.4. The Morgan fingerprint density at radius 1 is 1.60 bits per heavy atom. The maximum atomic E-state index is 13.4. The Morgan fingerprint density at radius 3 is 2.87 bits per heavy atom. The van der Waals surface area contributed by atoms with Crippen LogP contribution in [0.1, 0.15) is 18.1 Å². The first-order valence-corrected chi connectivity index (χ1v) is 4.71. The van der Waals surface area contributed by atoms with E-state index in [2.05, 4.69) is 0 Å². The number of benzene rings is 1. The predicted molar refractivity (Wildman–Crippen MR) is 50.8 cm³/mol. The molecular formula is C11H11FO3. The van der Waals surface area contributed by atoms with Crippen molar-refractivity contribution in [3.63, 3.8) is 0 Å². The van der Waals surface area contributed by atoms with Crippen molar-refractivity contribution in [2.75, 3.05) is 0 Å². The van der Waals surface area contributed by atoms with Crippen molar-refractivity contribution >= 4 is 5.97 Å². The number of carboxylic acid groups (broad SMARTS) is 1. The van der Waals surface area contributed by atoms with Gasteiger partial charge in [-0.1, -0.05) is 19.1 Å². The number of hydrogen-bond acceptors (Lipinski definition) is 2. The monoisotopic (exact) mass is 210 g/mol. The summed E-state index contributed by atoms with van der Waals surface area (Å²) in [4.78, 5) is 11.0. The lowest BCUT2D eigenvalue weighted by molar-refractivity contribution is -0.164. The highest BCUT2D eigenvalue weighted by molar-refractivity contribution is 5.81. The van der Waals surface area contributed by atoms with Gasteiger partial charge < -0.3 is 10.2 Å². The van der Waals surface area contributed by atoms with Crippen LogP contribution in [-0.4, -0.2) is 16.2 Å². The Balaban J connectivity index is 2.65. The molecule has 0 saturated heterocycles. The molecule has 15 heavy (non-hydrogen) atoms. The maximum Gasteiger partial charge on any atom is 0.340 e. The predicted octanol–water partition coefficient (Wildman–Crippen LogP) is 1.29. The minimum absolute atomic E-state index is 0.183. The summed E-state index contributed by atoms with van der Waals surface area (Å²) in [6.45, 7) is 1.60. The fourth-order valence-electron chi connectivity index (χ4n) is 2.17. The first-order chi connectivity index (χ1) is 6.98. The smallest absolute Gasteiger partial charge is 0.340 e. The van der Waals surface area contributed by atoms with Crippen molar-refractivity contribution in [3.05, 3.63) is 35.1 Å². The molecule has 2 atom stereocenters. The Labute approximate surface area is 86.2 Å². The summed E-state index contributed by atoms with van der Waals surface area (Å²) in [5.74, 6) is -2.28. The SMILES string of the molecule is CC1Cc2c(F)cccc2C1(O)C(=O)O.